The van der Waals surface area contributed by atoms with Gasteiger partial charge in [-0.2, -0.15) is 0 Å². The van der Waals surface area contributed by atoms with Crippen LogP contribution in [0.5, 0.6) is 0 Å². The SMILES string of the molecule is CCN(N)c1c[nH]oc1=O. The Morgan fingerprint density at radius 3 is 3.00 bits per heavy atom. The number of hydrogen-bond donors (Lipinski definition) is 2. The first-order chi connectivity index (χ1) is 4.75. The first-order valence-electron chi connectivity index (χ1n) is 2.94. The van der Waals surface area contributed by atoms with Gasteiger partial charge in [0, 0.05) is 6.54 Å². The molecule has 5 nitrogen and oxygen atoms in total. The quantitative estimate of drug-likeness (QED) is 0.439. The molecule has 0 amide bonds. The molecular weight excluding hydrogens is 134 g/mol. The first kappa shape index (κ1) is 6.88. The van der Waals surface area contributed by atoms with Crippen LogP contribution in [0.2, 0.25) is 0 Å². The maximum Gasteiger partial charge on any atom is 0.381 e. The molecule has 0 aliphatic heterocycles. The van der Waals surface area contributed by atoms with Crippen LogP contribution in [0.4, 0.5) is 5.69 Å². The van der Waals surface area contributed by atoms with E-state index in [1.165, 1.54) is 11.2 Å². The molecule has 0 saturated carbocycles. The van der Waals surface area contributed by atoms with Crippen LogP contribution >= 0.6 is 0 Å². The molecule has 0 atom stereocenters. The molecule has 3 N–H and O–H groups in total. The molecule has 0 fully saturated rings. The molecule has 0 aliphatic rings. The van der Waals surface area contributed by atoms with Crippen molar-refractivity contribution in [3.05, 3.63) is 16.6 Å². The summed E-state index contributed by atoms with van der Waals surface area (Å²) >= 11 is 0. The first-order valence-corrected chi connectivity index (χ1v) is 2.94. The van der Waals surface area contributed by atoms with Gasteiger partial charge < -0.3 is 9.53 Å². The second-order valence-corrected chi connectivity index (χ2v) is 1.82. The van der Waals surface area contributed by atoms with E-state index in [2.05, 4.69) is 9.68 Å². The zero-order valence-electron chi connectivity index (χ0n) is 5.63. The average Bonchev–Trinajstić information content (AvgIpc) is 2.34. The molecule has 0 aromatic carbocycles. The van der Waals surface area contributed by atoms with Crippen molar-refractivity contribution < 1.29 is 4.52 Å². The third kappa shape index (κ3) is 1.03. The highest BCUT2D eigenvalue weighted by atomic mass is 16.5. The van der Waals surface area contributed by atoms with Gasteiger partial charge in [0.25, 0.3) is 0 Å². The number of hydrazine groups is 1. The van der Waals surface area contributed by atoms with Gasteiger partial charge in [-0.15, -0.1) is 0 Å². The van der Waals surface area contributed by atoms with Gasteiger partial charge in [0.1, 0.15) is 0 Å². The standard InChI is InChI=1S/C5H9N3O2/c1-2-8(6)4-3-7-10-5(4)9/h3,7H,2,6H2,1H3. The predicted octanol–water partition coefficient (Wildman–Crippen LogP) is -0.332. The summed E-state index contributed by atoms with van der Waals surface area (Å²) in [5.41, 5.74) is -0.0909. The molecule has 0 unspecified atom stereocenters. The Hall–Kier alpha value is -1.23. The molecule has 1 aromatic heterocycles. The van der Waals surface area contributed by atoms with Gasteiger partial charge in [-0.3, -0.25) is 0 Å². The molecule has 0 radical (unpaired) electrons. The molecule has 1 rings (SSSR count). The van der Waals surface area contributed by atoms with Gasteiger partial charge in [0.2, 0.25) is 0 Å². The third-order valence-electron chi connectivity index (χ3n) is 1.21. The van der Waals surface area contributed by atoms with Crippen molar-refractivity contribution in [2.75, 3.05) is 11.6 Å². The monoisotopic (exact) mass is 143 g/mol. The van der Waals surface area contributed by atoms with Crippen molar-refractivity contribution in [2.24, 2.45) is 5.84 Å². The molecular formula is C5H9N3O2. The van der Waals surface area contributed by atoms with Crippen LogP contribution in [0, 0.1) is 0 Å². The zero-order chi connectivity index (χ0) is 7.56. The highest BCUT2D eigenvalue weighted by Crippen LogP contribution is 1.98. The molecule has 10 heavy (non-hydrogen) atoms. The van der Waals surface area contributed by atoms with Crippen LogP contribution < -0.4 is 16.5 Å². The second-order valence-electron chi connectivity index (χ2n) is 1.82. The van der Waals surface area contributed by atoms with Gasteiger partial charge in [0.05, 0.1) is 6.20 Å². The molecule has 0 aliphatic carbocycles. The van der Waals surface area contributed by atoms with Crippen LogP contribution in [-0.4, -0.2) is 11.7 Å². The highest BCUT2D eigenvalue weighted by Gasteiger charge is 2.05. The van der Waals surface area contributed by atoms with E-state index in [0.717, 1.165) is 0 Å². The number of aromatic amines is 1. The maximum absolute atomic E-state index is 10.7. The molecule has 1 aromatic rings. The fraction of sp³-hybridized carbons (Fsp3) is 0.400. The Labute approximate surface area is 57.4 Å². The van der Waals surface area contributed by atoms with Crippen LogP contribution in [0.15, 0.2) is 15.5 Å². The molecule has 1 heterocycles. The Morgan fingerprint density at radius 2 is 2.60 bits per heavy atom. The summed E-state index contributed by atoms with van der Waals surface area (Å²) in [5, 5.41) is 3.61. The fourth-order valence-corrected chi connectivity index (χ4v) is 0.621. The smallest absolute Gasteiger partial charge is 0.337 e. The number of rotatable bonds is 2. The number of hydrogen-bond acceptors (Lipinski definition) is 4. The van der Waals surface area contributed by atoms with Crippen molar-refractivity contribution in [1.82, 2.24) is 5.16 Å². The van der Waals surface area contributed by atoms with Gasteiger partial charge in [-0.05, 0) is 6.92 Å². The van der Waals surface area contributed by atoms with Gasteiger partial charge in [-0.25, -0.2) is 15.8 Å². The highest BCUT2D eigenvalue weighted by molar-refractivity contribution is 5.38. The number of nitrogens with zero attached hydrogens (tertiary/aromatic N) is 1. The Kier molecular flexibility index (Phi) is 1.77. The fourth-order valence-electron chi connectivity index (χ4n) is 0.621. The summed E-state index contributed by atoms with van der Waals surface area (Å²) < 4.78 is 4.39. The lowest BCUT2D eigenvalue weighted by Gasteiger charge is -2.09. The van der Waals surface area contributed by atoms with Gasteiger partial charge >= 0.3 is 5.63 Å². The summed E-state index contributed by atoms with van der Waals surface area (Å²) in [5.74, 6) is 5.39. The maximum atomic E-state index is 10.7. The number of nitrogens with one attached hydrogen (secondary N) is 1. The van der Waals surface area contributed by atoms with Gasteiger partial charge in [-0.1, -0.05) is 0 Å². The van der Waals surface area contributed by atoms with Crippen LogP contribution in [0.3, 0.4) is 0 Å². The lowest BCUT2D eigenvalue weighted by molar-refractivity contribution is 0.391. The summed E-state index contributed by atoms with van der Waals surface area (Å²) in [4.78, 5) is 10.7. The van der Waals surface area contributed by atoms with Crippen LogP contribution in [0.1, 0.15) is 6.92 Å². The van der Waals surface area contributed by atoms with Crippen molar-refractivity contribution in [1.29, 1.82) is 0 Å². The van der Waals surface area contributed by atoms with Crippen molar-refractivity contribution in [3.8, 4) is 0 Å². The second kappa shape index (κ2) is 2.57. The van der Waals surface area contributed by atoms with Crippen molar-refractivity contribution in [2.45, 2.75) is 6.92 Å². The zero-order valence-corrected chi connectivity index (χ0v) is 5.63. The molecule has 0 saturated heterocycles. The number of aromatic nitrogens is 1. The minimum Gasteiger partial charge on any atom is -0.337 e. The number of anilines is 1. The Morgan fingerprint density at radius 1 is 1.90 bits per heavy atom. The van der Waals surface area contributed by atoms with Crippen LogP contribution in [0.25, 0.3) is 0 Å². The molecule has 56 valence electrons. The van der Waals surface area contributed by atoms with E-state index in [4.69, 9.17) is 5.84 Å². The van der Waals surface area contributed by atoms with Gasteiger partial charge in [0.15, 0.2) is 5.69 Å². The molecule has 5 heteroatoms. The summed E-state index contributed by atoms with van der Waals surface area (Å²) in [6, 6.07) is 0. The Bertz CT molecular complexity index is 251. The van der Waals surface area contributed by atoms with E-state index in [0.29, 0.717) is 12.2 Å². The summed E-state index contributed by atoms with van der Waals surface area (Å²) in [7, 11) is 0. The normalized spacial score (nSPS) is 9.80. The molecule has 0 spiro atoms. The minimum absolute atomic E-state index is 0.350. The van der Waals surface area contributed by atoms with Crippen LogP contribution in [-0.2, 0) is 0 Å². The van der Waals surface area contributed by atoms with E-state index < -0.39 is 5.63 Å². The summed E-state index contributed by atoms with van der Waals surface area (Å²) in [6.07, 6.45) is 1.42. The van der Waals surface area contributed by atoms with E-state index in [1.54, 1.807) is 0 Å². The predicted molar refractivity (Wildman–Crippen MR) is 36.5 cm³/mol. The van der Waals surface area contributed by atoms with E-state index in [1.807, 2.05) is 6.92 Å². The lowest BCUT2D eigenvalue weighted by Crippen LogP contribution is -2.33. The third-order valence-corrected chi connectivity index (χ3v) is 1.21. The van der Waals surface area contributed by atoms with E-state index in [-0.39, 0.29) is 0 Å². The lowest BCUT2D eigenvalue weighted by atomic mass is 10.5. The minimum atomic E-state index is -0.440. The van der Waals surface area contributed by atoms with Crippen molar-refractivity contribution in [3.63, 3.8) is 0 Å². The number of H-pyrrole nitrogens is 1. The Balaban J connectivity index is 2.93. The molecule has 0 bridgehead atoms. The topological polar surface area (TPSA) is 75.3 Å². The van der Waals surface area contributed by atoms with E-state index in [9.17, 15) is 4.79 Å². The number of nitrogens with two attached hydrogens (primary N) is 1. The largest absolute Gasteiger partial charge is 0.381 e. The average molecular weight is 143 g/mol. The van der Waals surface area contributed by atoms with Crippen molar-refractivity contribution >= 4 is 5.69 Å². The summed E-state index contributed by atoms with van der Waals surface area (Å²) in [6.45, 7) is 2.41. The van der Waals surface area contributed by atoms with E-state index >= 15 is 0 Å².